The third-order valence-corrected chi connectivity index (χ3v) is 1.96. The molecule has 5 heteroatoms. The number of carbonyl (C=O) groups is 1. The number of hydrogen-bond acceptors (Lipinski definition) is 3. The van der Waals surface area contributed by atoms with Gasteiger partial charge in [-0.1, -0.05) is 6.92 Å². The van der Waals surface area contributed by atoms with Gasteiger partial charge in [0.1, 0.15) is 0 Å². The van der Waals surface area contributed by atoms with Crippen LogP contribution >= 0.6 is 15.9 Å². The molecule has 1 aromatic heterocycles. The molecule has 0 bridgehead atoms. The van der Waals surface area contributed by atoms with Gasteiger partial charge in [0.2, 0.25) is 0 Å². The molecular weight excluding hydrogens is 224 g/mol. The van der Waals surface area contributed by atoms with E-state index in [-0.39, 0.29) is 0 Å². The molecule has 1 atom stereocenters. The van der Waals surface area contributed by atoms with Crippen LogP contribution in [0.15, 0.2) is 16.9 Å². The van der Waals surface area contributed by atoms with Crippen LogP contribution in [0.25, 0.3) is 0 Å². The molecule has 0 fully saturated rings. The Kier molecular flexibility index (Phi) is 2.86. The highest BCUT2D eigenvalue weighted by Crippen LogP contribution is 2.13. The second kappa shape index (κ2) is 3.71. The molecule has 1 heterocycles. The Bertz CT molecular complexity index is 285. The minimum absolute atomic E-state index is 0.469. The van der Waals surface area contributed by atoms with Crippen LogP contribution in [0.1, 0.15) is 19.4 Å². The highest BCUT2D eigenvalue weighted by Gasteiger charge is 2.09. The summed E-state index contributed by atoms with van der Waals surface area (Å²) >= 11 is 3.18. The molecule has 0 saturated carbocycles. The summed E-state index contributed by atoms with van der Waals surface area (Å²) in [4.78, 5) is 10.6. The van der Waals surface area contributed by atoms with Crippen molar-refractivity contribution in [2.24, 2.45) is 0 Å². The minimum Gasteiger partial charge on any atom is -0.548 e. The number of nitrogens with zero attached hydrogens (tertiary/aromatic N) is 2. The van der Waals surface area contributed by atoms with Crippen LogP contribution in [-0.2, 0) is 4.79 Å². The summed E-state index contributed by atoms with van der Waals surface area (Å²) in [6, 6.07) is -0.670. The van der Waals surface area contributed by atoms with Gasteiger partial charge in [-0.3, -0.25) is 4.68 Å². The number of carboxylic acid groups (broad SMARTS) is 1. The summed E-state index contributed by atoms with van der Waals surface area (Å²) in [6.07, 6.45) is 3.63. The van der Waals surface area contributed by atoms with Crippen LogP contribution in [0, 0.1) is 0 Å². The first-order valence-corrected chi connectivity index (χ1v) is 4.35. The Labute approximate surface area is 78.3 Å². The van der Waals surface area contributed by atoms with Gasteiger partial charge in [-0.2, -0.15) is 5.10 Å². The second-order valence-electron chi connectivity index (χ2n) is 2.38. The minimum atomic E-state index is -1.10. The quantitative estimate of drug-likeness (QED) is 0.755. The Morgan fingerprint density at radius 3 is 2.92 bits per heavy atom. The van der Waals surface area contributed by atoms with E-state index in [1.807, 2.05) is 0 Å². The Balaban J connectivity index is 2.87. The number of carbonyl (C=O) groups excluding carboxylic acids is 1. The van der Waals surface area contributed by atoms with Crippen LogP contribution in [0.4, 0.5) is 0 Å². The fraction of sp³-hybridized carbons (Fsp3) is 0.429. The zero-order chi connectivity index (χ0) is 9.14. The fourth-order valence-electron chi connectivity index (χ4n) is 0.947. The van der Waals surface area contributed by atoms with Crippen molar-refractivity contribution in [2.45, 2.75) is 19.4 Å². The zero-order valence-corrected chi connectivity index (χ0v) is 8.11. The molecule has 0 radical (unpaired) electrons. The Morgan fingerprint density at radius 1 is 1.92 bits per heavy atom. The monoisotopic (exact) mass is 231 g/mol. The summed E-state index contributed by atoms with van der Waals surface area (Å²) in [5.74, 6) is -1.10. The van der Waals surface area contributed by atoms with Crippen molar-refractivity contribution in [1.29, 1.82) is 0 Å². The van der Waals surface area contributed by atoms with Gasteiger partial charge in [0.15, 0.2) is 0 Å². The molecule has 0 aliphatic heterocycles. The van der Waals surface area contributed by atoms with E-state index in [1.165, 1.54) is 4.68 Å². The van der Waals surface area contributed by atoms with Gasteiger partial charge in [-0.15, -0.1) is 0 Å². The van der Waals surface area contributed by atoms with Crippen LogP contribution in [0.3, 0.4) is 0 Å². The van der Waals surface area contributed by atoms with E-state index in [0.29, 0.717) is 6.42 Å². The van der Waals surface area contributed by atoms with Crippen LogP contribution in [0.5, 0.6) is 0 Å². The first kappa shape index (κ1) is 9.25. The number of carboxylic acids is 1. The van der Waals surface area contributed by atoms with E-state index in [9.17, 15) is 9.90 Å². The molecule has 0 aliphatic rings. The smallest absolute Gasteiger partial charge is 0.0910 e. The van der Waals surface area contributed by atoms with Gasteiger partial charge in [0.25, 0.3) is 0 Å². The van der Waals surface area contributed by atoms with Gasteiger partial charge < -0.3 is 9.90 Å². The highest BCUT2D eigenvalue weighted by atomic mass is 79.9. The standard InChI is InChI=1S/C7H9BrN2O2/c1-2-6(7(11)12)10-4-5(8)3-9-10/h3-4,6H,2H2,1H3,(H,11,12)/p-1/t6-/m1/s1. The average Bonchev–Trinajstić information content (AvgIpc) is 2.37. The predicted octanol–water partition coefficient (Wildman–Crippen LogP) is 0.347. The van der Waals surface area contributed by atoms with Crippen molar-refractivity contribution in [1.82, 2.24) is 9.78 Å². The summed E-state index contributed by atoms with van der Waals surface area (Å²) in [5, 5.41) is 14.4. The maximum atomic E-state index is 10.6. The van der Waals surface area contributed by atoms with Crippen LogP contribution in [0.2, 0.25) is 0 Å². The van der Waals surface area contributed by atoms with E-state index in [1.54, 1.807) is 19.3 Å². The third-order valence-electron chi connectivity index (χ3n) is 1.55. The third kappa shape index (κ3) is 1.85. The van der Waals surface area contributed by atoms with Crippen LogP contribution < -0.4 is 5.11 Å². The second-order valence-corrected chi connectivity index (χ2v) is 3.30. The number of aliphatic carboxylic acids is 1. The molecule has 0 aliphatic carbocycles. The number of aromatic nitrogens is 2. The van der Waals surface area contributed by atoms with Crippen molar-refractivity contribution in [2.75, 3.05) is 0 Å². The maximum Gasteiger partial charge on any atom is 0.0910 e. The SMILES string of the molecule is CC[C@H](C(=O)[O-])n1cc(Br)cn1. The number of rotatable bonds is 3. The average molecular weight is 232 g/mol. The molecule has 66 valence electrons. The van der Waals surface area contributed by atoms with E-state index in [0.717, 1.165) is 4.47 Å². The zero-order valence-electron chi connectivity index (χ0n) is 6.53. The summed E-state index contributed by atoms with van der Waals surface area (Å²) < 4.78 is 2.14. The Hall–Kier alpha value is -0.840. The van der Waals surface area contributed by atoms with E-state index >= 15 is 0 Å². The van der Waals surface area contributed by atoms with Crippen molar-refractivity contribution < 1.29 is 9.90 Å². The lowest BCUT2D eigenvalue weighted by Gasteiger charge is -2.15. The molecule has 12 heavy (non-hydrogen) atoms. The van der Waals surface area contributed by atoms with Crippen LogP contribution in [-0.4, -0.2) is 15.7 Å². The van der Waals surface area contributed by atoms with E-state index in [2.05, 4.69) is 21.0 Å². The molecule has 0 N–H and O–H groups in total. The van der Waals surface area contributed by atoms with Gasteiger partial charge >= 0.3 is 0 Å². The first-order chi connectivity index (χ1) is 5.65. The fourth-order valence-corrected chi connectivity index (χ4v) is 1.25. The summed E-state index contributed by atoms with van der Waals surface area (Å²) in [7, 11) is 0. The molecule has 1 aromatic rings. The molecule has 0 amide bonds. The van der Waals surface area contributed by atoms with Gasteiger partial charge in [-0.25, -0.2) is 0 Å². The molecule has 0 spiro atoms. The highest BCUT2D eigenvalue weighted by molar-refractivity contribution is 9.10. The largest absolute Gasteiger partial charge is 0.548 e. The topological polar surface area (TPSA) is 57.9 Å². The lowest BCUT2D eigenvalue weighted by molar-refractivity contribution is -0.310. The molecule has 1 rings (SSSR count). The summed E-state index contributed by atoms with van der Waals surface area (Å²) in [6.45, 7) is 1.77. The number of hydrogen-bond donors (Lipinski definition) is 0. The van der Waals surface area contributed by atoms with Crippen molar-refractivity contribution in [3.05, 3.63) is 16.9 Å². The van der Waals surface area contributed by atoms with E-state index in [4.69, 9.17) is 0 Å². The van der Waals surface area contributed by atoms with Gasteiger partial charge in [0, 0.05) is 6.20 Å². The number of halogens is 1. The van der Waals surface area contributed by atoms with E-state index < -0.39 is 12.0 Å². The van der Waals surface area contributed by atoms with Crippen molar-refractivity contribution >= 4 is 21.9 Å². The predicted molar refractivity (Wildman–Crippen MR) is 44.3 cm³/mol. The summed E-state index contributed by atoms with van der Waals surface area (Å²) in [5.41, 5.74) is 0. The molecule has 4 nitrogen and oxygen atoms in total. The lowest BCUT2D eigenvalue weighted by Crippen LogP contribution is -2.33. The first-order valence-electron chi connectivity index (χ1n) is 3.55. The van der Waals surface area contributed by atoms with Crippen molar-refractivity contribution in [3.63, 3.8) is 0 Å². The normalized spacial score (nSPS) is 12.8. The van der Waals surface area contributed by atoms with Gasteiger partial charge in [-0.05, 0) is 22.4 Å². The molecular formula is C7H8BrN2O2-. The lowest BCUT2D eigenvalue weighted by atomic mass is 10.2. The van der Waals surface area contributed by atoms with Gasteiger partial charge in [0.05, 0.1) is 22.7 Å². The van der Waals surface area contributed by atoms with Crippen molar-refractivity contribution in [3.8, 4) is 0 Å². The maximum absolute atomic E-state index is 10.6. The molecule has 0 aromatic carbocycles. The molecule has 0 unspecified atom stereocenters. The Morgan fingerprint density at radius 2 is 2.58 bits per heavy atom. The molecule has 0 saturated heterocycles.